The largest absolute Gasteiger partial charge is 0.481 e. The molecule has 0 aromatic rings. The summed E-state index contributed by atoms with van der Waals surface area (Å²) >= 11 is 0. The van der Waals surface area contributed by atoms with Crippen LogP contribution in [0.25, 0.3) is 0 Å². The van der Waals surface area contributed by atoms with Gasteiger partial charge in [0, 0.05) is 5.41 Å². The summed E-state index contributed by atoms with van der Waals surface area (Å²) in [5.74, 6) is 0.443. The maximum Gasteiger partial charge on any atom is 0.309 e. The Kier molecular flexibility index (Phi) is 5.04. The van der Waals surface area contributed by atoms with E-state index >= 15 is 0 Å². The van der Waals surface area contributed by atoms with Crippen LogP contribution in [-0.4, -0.2) is 28.1 Å². The van der Waals surface area contributed by atoms with Gasteiger partial charge in [-0.1, -0.05) is 53.2 Å². The quantitative estimate of drug-likeness (QED) is 0.434. The van der Waals surface area contributed by atoms with E-state index < -0.39 is 22.9 Å². The molecular weight excluding hydrogens is 424 g/mol. The van der Waals surface area contributed by atoms with Gasteiger partial charge in [-0.25, -0.2) is 0 Å². The molecule has 4 saturated carbocycles. The second-order valence-corrected chi connectivity index (χ2v) is 14.9. The Hall–Kier alpha value is -1.16. The van der Waals surface area contributed by atoms with Crippen molar-refractivity contribution in [3.63, 3.8) is 0 Å². The first-order valence-electron chi connectivity index (χ1n) is 13.7. The van der Waals surface area contributed by atoms with Crippen molar-refractivity contribution in [2.45, 2.75) is 112 Å². The van der Waals surface area contributed by atoms with Crippen LogP contribution in [0.1, 0.15) is 106 Å². The van der Waals surface area contributed by atoms with Crippen molar-refractivity contribution in [3.05, 3.63) is 11.6 Å². The number of aliphatic hydroxyl groups excluding tert-OH is 1. The highest BCUT2D eigenvalue weighted by atomic mass is 16.4. The highest BCUT2D eigenvalue weighted by Gasteiger charge is 2.69. The molecule has 5 aliphatic rings. The number of rotatable bonds is 1. The van der Waals surface area contributed by atoms with Crippen LogP contribution in [0, 0.1) is 50.2 Å². The van der Waals surface area contributed by atoms with Gasteiger partial charge in [0.1, 0.15) is 6.10 Å². The summed E-state index contributed by atoms with van der Waals surface area (Å²) in [6.07, 6.45) is 10.2. The van der Waals surface area contributed by atoms with E-state index in [0.29, 0.717) is 24.2 Å². The third kappa shape index (κ3) is 2.81. The molecule has 4 nitrogen and oxygen atoms in total. The number of aliphatic hydroxyl groups is 1. The average Bonchev–Trinajstić information content (AvgIpc) is 2.74. The monoisotopic (exact) mass is 470 g/mol. The minimum absolute atomic E-state index is 0.0282. The Labute approximate surface area is 206 Å². The van der Waals surface area contributed by atoms with Crippen LogP contribution < -0.4 is 0 Å². The lowest BCUT2D eigenvalue weighted by Gasteiger charge is -2.71. The van der Waals surface area contributed by atoms with E-state index in [2.05, 4.69) is 47.6 Å². The maximum atomic E-state index is 13.0. The van der Waals surface area contributed by atoms with E-state index in [1.54, 1.807) is 5.57 Å². The lowest BCUT2D eigenvalue weighted by molar-refractivity contribution is -0.198. The fourth-order valence-corrected chi connectivity index (χ4v) is 10.5. The van der Waals surface area contributed by atoms with Gasteiger partial charge in [-0.05, 0) is 104 Å². The van der Waals surface area contributed by atoms with Crippen LogP contribution in [0.4, 0.5) is 0 Å². The predicted octanol–water partition coefficient (Wildman–Crippen LogP) is 6.41. The normalized spacial score (nSPS) is 54.1. The van der Waals surface area contributed by atoms with Crippen LogP contribution in [0.3, 0.4) is 0 Å². The molecule has 9 atom stereocenters. The molecule has 5 rings (SSSR count). The van der Waals surface area contributed by atoms with Crippen LogP contribution in [-0.2, 0) is 9.59 Å². The third-order valence-electron chi connectivity index (χ3n) is 13.1. The van der Waals surface area contributed by atoms with Gasteiger partial charge < -0.3 is 10.2 Å². The maximum absolute atomic E-state index is 13.0. The van der Waals surface area contributed by atoms with E-state index in [-0.39, 0.29) is 27.4 Å². The van der Waals surface area contributed by atoms with Gasteiger partial charge in [-0.3, -0.25) is 9.59 Å². The lowest BCUT2D eigenvalue weighted by Crippen LogP contribution is -2.66. The van der Waals surface area contributed by atoms with E-state index in [0.717, 1.165) is 51.4 Å². The number of carboxylic acids is 1. The molecule has 4 heteroatoms. The summed E-state index contributed by atoms with van der Waals surface area (Å²) in [5, 5.41) is 20.9. The van der Waals surface area contributed by atoms with E-state index in [4.69, 9.17) is 0 Å². The number of carbonyl (C=O) groups excluding carboxylic acids is 1. The molecule has 34 heavy (non-hydrogen) atoms. The number of fused-ring (bicyclic) bond motifs is 7. The lowest BCUT2D eigenvalue weighted by atomic mass is 9.33. The van der Waals surface area contributed by atoms with Crippen molar-refractivity contribution < 1.29 is 19.8 Å². The molecule has 5 aliphatic carbocycles. The van der Waals surface area contributed by atoms with Crippen molar-refractivity contribution in [2.75, 3.05) is 0 Å². The van der Waals surface area contributed by atoms with Gasteiger partial charge in [0.2, 0.25) is 0 Å². The number of ketones is 1. The molecule has 2 N–H and O–H groups in total. The van der Waals surface area contributed by atoms with Crippen molar-refractivity contribution in [2.24, 2.45) is 50.2 Å². The van der Waals surface area contributed by atoms with Gasteiger partial charge >= 0.3 is 5.97 Å². The molecule has 0 heterocycles. The van der Waals surface area contributed by atoms with Crippen LogP contribution in [0.2, 0.25) is 0 Å². The van der Waals surface area contributed by atoms with Gasteiger partial charge in [0.25, 0.3) is 0 Å². The van der Waals surface area contributed by atoms with Crippen molar-refractivity contribution in [3.8, 4) is 0 Å². The number of allylic oxidation sites excluding steroid dienone is 2. The summed E-state index contributed by atoms with van der Waals surface area (Å²) in [6, 6.07) is 0. The highest BCUT2D eigenvalue weighted by molar-refractivity contribution is 5.89. The van der Waals surface area contributed by atoms with Gasteiger partial charge in [-0.15, -0.1) is 0 Å². The summed E-state index contributed by atoms with van der Waals surface area (Å²) in [7, 11) is 0. The molecule has 0 bridgehead atoms. The summed E-state index contributed by atoms with van der Waals surface area (Å²) in [6.45, 7) is 15.9. The number of hydrogen-bond donors (Lipinski definition) is 2. The molecule has 0 aliphatic heterocycles. The van der Waals surface area contributed by atoms with E-state index in [1.165, 1.54) is 0 Å². The number of carboxylic acid groups (broad SMARTS) is 1. The minimum atomic E-state index is -0.860. The highest BCUT2D eigenvalue weighted by Crippen LogP contribution is 2.75. The fraction of sp³-hybridized carbons (Fsp3) is 0.867. The Bertz CT molecular complexity index is 965. The number of Topliss-reactive ketones (excluding diaryl/α,β-unsaturated/α-hetero) is 1. The summed E-state index contributed by atoms with van der Waals surface area (Å²) < 4.78 is 0. The molecule has 0 radical (unpaired) electrons. The Morgan fingerprint density at radius 2 is 1.56 bits per heavy atom. The standard InChI is InChI=1S/C30H46O4/c1-25(2)21-10-11-30(7)22(28(21,5)17-20(31)23(25)32)9-8-18-19-16-27(4,24(33)34)13-12-26(19,3)14-15-29(18,30)6/h8,19-22,31H,9-17H2,1-7H3,(H,33,34)/t19-,20-,21?,22-,26-,27-,28+,29-,30-/m1/s1. The van der Waals surface area contributed by atoms with E-state index in [1.807, 2.05) is 6.92 Å². The number of carbonyl (C=O) groups is 2. The predicted molar refractivity (Wildman–Crippen MR) is 133 cm³/mol. The Morgan fingerprint density at radius 1 is 0.912 bits per heavy atom. The van der Waals surface area contributed by atoms with Crippen molar-refractivity contribution in [1.29, 1.82) is 0 Å². The van der Waals surface area contributed by atoms with Gasteiger partial charge in [-0.2, -0.15) is 0 Å². The molecule has 0 saturated heterocycles. The van der Waals surface area contributed by atoms with E-state index in [9.17, 15) is 19.8 Å². The number of aliphatic carboxylic acids is 1. The molecule has 0 aromatic carbocycles. The van der Waals surface area contributed by atoms with Crippen LogP contribution in [0.15, 0.2) is 11.6 Å². The topological polar surface area (TPSA) is 74.6 Å². The SMILES string of the molecule is CC1(C)C(=O)[C@H](O)C[C@@]2(C)C1CC[C@]1(C)[C@@H]2CC=C2[C@H]3C[C@](C)(C(=O)O)CC[C@]3(C)CC[C@]21C. The molecule has 0 amide bonds. The summed E-state index contributed by atoms with van der Waals surface area (Å²) in [5.41, 5.74) is 0.677. The molecule has 190 valence electrons. The fourth-order valence-electron chi connectivity index (χ4n) is 10.5. The molecule has 1 unspecified atom stereocenters. The first-order valence-corrected chi connectivity index (χ1v) is 13.7. The zero-order valence-corrected chi connectivity index (χ0v) is 22.5. The van der Waals surface area contributed by atoms with Gasteiger partial charge in [0.05, 0.1) is 5.41 Å². The zero-order chi connectivity index (χ0) is 25.1. The second-order valence-electron chi connectivity index (χ2n) is 14.9. The van der Waals surface area contributed by atoms with Gasteiger partial charge in [0.15, 0.2) is 5.78 Å². The van der Waals surface area contributed by atoms with Crippen LogP contribution in [0.5, 0.6) is 0 Å². The Balaban J connectivity index is 1.59. The molecule has 0 aromatic heterocycles. The molecular formula is C30H46O4. The van der Waals surface area contributed by atoms with Crippen LogP contribution >= 0.6 is 0 Å². The first-order chi connectivity index (χ1) is 15.6. The Morgan fingerprint density at radius 3 is 2.21 bits per heavy atom. The minimum Gasteiger partial charge on any atom is -0.481 e. The smallest absolute Gasteiger partial charge is 0.309 e. The third-order valence-corrected chi connectivity index (χ3v) is 13.1. The first kappa shape index (κ1) is 24.5. The second kappa shape index (κ2) is 6.99. The van der Waals surface area contributed by atoms with Crippen molar-refractivity contribution in [1.82, 2.24) is 0 Å². The number of hydrogen-bond acceptors (Lipinski definition) is 3. The molecule has 4 fully saturated rings. The van der Waals surface area contributed by atoms with Crippen molar-refractivity contribution >= 4 is 11.8 Å². The average molecular weight is 471 g/mol. The zero-order valence-electron chi connectivity index (χ0n) is 22.5. The molecule has 0 spiro atoms. The summed E-state index contributed by atoms with van der Waals surface area (Å²) in [4.78, 5) is 25.2.